The minimum Gasteiger partial charge on any atom is -0.480 e. The minimum atomic E-state index is -1.09. The minimum absolute atomic E-state index is 0.279. The number of aliphatic carboxylic acids is 1. The lowest BCUT2D eigenvalue weighted by molar-refractivity contribution is -0.139. The van der Waals surface area contributed by atoms with Crippen LogP contribution in [0, 0.1) is 0 Å². The molecule has 0 fully saturated rings. The third-order valence-electron chi connectivity index (χ3n) is 2.45. The van der Waals surface area contributed by atoms with Crippen LogP contribution in [-0.4, -0.2) is 33.5 Å². The Morgan fingerprint density at radius 3 is 2.76 bits per heavy atom. The second-order valence-electron chi connectivity index (χ2n) is 4.16. The number of aromatic nitrogens is 2. The molecule has 0 saturated carbocycles. The zero-order valence-corrected chi connectivity index (χ0v) is 11.2. The number of hydrogen-bond donors (Lipinski definition) is 3. The van der Waals surface area contributed by atoms with Gasteiger partial charge in [0, 0.05) is 13.2 Å². The van der Waals surface area contributed by atoms with Crippen LogP contribution in [0.5, 0.6) is 5.75 Å². The summed E-state index contributed by atoms with van der Waals surface area (Å²) >= 11 is 0. The molecule has 1 aromatic carbocycles. The van der Waals surface area contributed by atoms with Crippen molar-refractivity contribution >= 4 is 23.4 Å². The topological polar surface area (TPSA) is 105 Å². The first-order chi connectivity index (χ1) is 10.0. The maximum Gasteiger partial charge on any atom is 0.341 e. The summed E-state index contributed by atoms with van der Waals surface area (Å²) in [5.74, 6) is -0.814. The van der Waals surface area contributed by atoms with E-state index in [-0.39, 0.29) is 5.75 Å². The number of carboxylic acids is 1. The molecule has 8 heteroatoms. The average Bonchev–Trinajstić information content (AvgIpc) is 2.83. The molecule has 0 aliphatic rings. The molecule has 2 aromatic rings. The molecule has 0 bridgehead atoms. The van der Waals surface area contributed by atoms with Crippen LogP contribution in [0.1, 0.15) is 0 Å². The number of nitrogens with one attached hydrogen (secondary N) is 2. The number of urea groups is 1. The number of aryl methyl sites for hydroxylation is 1. The van der Waals surface area contributed by atoms with Gasteiger partial charge in [0.15, 0.2) is 6.61 Å². The van der Waals surface area contributed by atoms with Crippen molar-refractivity contribution in [1.82, 2.24) is 9.78 Å². The molecule has 0 radical (unpaired) electrons. The van der Waals surface area contributed by atoms with Crippen molar-refractivity contribution in [3.63, 3.8) is 0 Å². The Balaban J connectivity index is 2.01. The van der Waals surface area contributed by atoms with Crippen LogP contribution in [0.25, 0.3) is 0 Å². The van der Waals surface area contributed by atoms with Gasteiger partial charge >= 0.3 is 12.0 Å². The van der Waals surface area contributed by atoms with Crippen LogP contribution in [-0.2, 0) is 11.8 Å². The summed E-state index contributed by atoms with van der Waals surface area (Å²) in [6.45, 7) is -0.483. The third-order valence-corrected chi connectivity index (χ3v) is 2.45. The second kappa shape index (κ2) is 6.42. The van der Waals surface area contributed by atoms with E-state index in [1.807, 2.05) is 0 Å². The number of para-hydroxylation sites is 2. The predicted molar refractivity (Wildman–Crippen MR) is 75.4 cm³/mol. The number of anilines is 2. The van der Waals surface area contributed by atoms with Gasteiger partial charge in [0.05, 0.1) is 17.6 Å². The van der Waals surface area contributed by atoms with Crippen molar-refractivity contribution in [3.8, 4) is 5.75 Å². The Bertz CT molecular complexity index is 653. The monoisotopic (exact) mass is 290 g/mol. The number of hydrogen-bond acceptors (Lipinski definition) is 4. The summed E-state index contributed by atoms with van der Waals surface area (Å²) in [7, 11) is 1.73. The van der Waals surface area contributed by atoms with Crippen molar-refractivity contribution < 1.29 is 19.4 Å². The van der Waals surface area contributed by atoms with E-state index in [9.17, 15) is 9.59 Å². The number of amides is 2. The van der Waals surface area contributed by atoms with Crippen LogP contribution in [0.3, 0.4) is 0 Å². The van der Waals surface area contributed by atoms with Crippen molar-refractivity contribution in [1.29, 1.82) is 0 Å². The van der Waals surface area contributed by atoms with Crippen molar-refractivity contribution in [2.24, 2.45) is 7.05 Å². The number of rotatable bonds is 5. The summed E-state index contributed by atoms with van der Waals surface area (Å²) in [6.07, 6.45) is 3.15. The van der Waals surface area contributed by atoms with Crippen LogP contribution < -0.4 is 15.4 Å². The molecule has 1 heterocycles. The van der Waals surface area contributed by atoms with Crippen LogP contribution in [0.15, 0.2) is 36.7 Å². The molecular weight excluding hydrogens is 276 g/mol. The van der Waals surface area contributed by atoms with Crippen molar-refractivity contribution in [2.75, 3.05) is 17.2 Å². The van der Waals surface area contributed by atoms with E-state index in [0.717, 1.165) is 0 Å². The number of carboxylic acid groups (broad SMARTS) is 1. The lowest BCUT2D eigenvalue weighted by Gasteiger charge is -2.11. The quantitative estimate of drug-likeness (QED) is 0.774. The van der Waals surface area contributed by atoms with E-state index >= 15 is 0 Å². The highest BCUT2D eigenvalue weighted by Gasteiger charge is 2.09. The zero-order chi connectivity index (χ0) is 15.2. The van der Waals surface area contributed by atoms with Gasteiger partial charge in [-0.05, 0) is 12.1 Å². The Hall–Kier alpha value is -3.03. The highest BCUT2D eigenvalue weighted by Crippen LogP contribution is 2.23. The molecule has 110 valence electrons. The SMILES string of the molecule is Cn1cc(NC(=O)Nc2ccccc2OCC(=O)O)cn1. The molecule has 0 unspecified atom stereocenters. The number of nitrogens with zero attached hydrogens (tertiary/aromatic N) is 2. The van der Waals surface area contributed by atoms with Gasteiger partial charge in [-0.1, -0.05) is 12.1 Å². The molecule has 1 aromatic heterocycles. The standard InChI is InChI=1S/C13H14N4O4/c1-17-7-9(6-14-17)15-13(20)16-10-4-2-3-5-11(10)21-8-12(18)19/h2-7H,8H2,1H3,(H,18,19)(H2,15,16,20). The van der Waals surface area contributed by atoms with Gasteiger partial charge in [0.25, 0.3) is 0 Å². The van der Waals surface area contributed by atoms with E-state index in [4.69, 9.17) is 9.84 Å². The maximum absolute atomic E-state index is 11.9. The normalized spacial score (nSPS) is 9.95. The van der Waals surface area contributed by atoms with Gasteiger partial charge in [-0.15, -0.1) is 0 Å². The van der Waals surface area contributed by atoms with E-state index in [0.29, 0.717) is 11.4 Å². The average molecular weight is 290 g/mol. The van der Waals surface area contributed by atoms with Gasteiger partial charge in [-0.25, -0.2) is 9.59 Å². The fourth-order valence-electron chi connectivity index (χ4n) is 1.61. The lowest BCUT2D eigenvalue weighted by Crippen LogP contribution is -2.20. The van der Waals surface area contributed by atoms with Gasteiger partial charge in [-0.2, -0.15) is 5.10 Å². The van der Waals surface area contributed by atoms with Gasteiger partial charge in [0.2, 0.25) is 0 Å². The first-order valence-electron chi connectivity index (χ1n) is 6.05. The Labute approximate surface area is 120 Å². The van der Waals surface area contributed by atoms with Crippen LogP contribution in [0.4, 0.5) is 16.2 Å². The van der Waals surface area contributed by atoms with E-state index in [2.05, 4.69) is 15.7 Å². The summed E-state index contributed by atoms with van der Waals surface area (Å²) in [5.41, 5.74) is 0.916. The first kappa shape index (κ1) is 14.4. The zero-order valence-electron chi connectivity index (χ0n) is 11.2. The number of carbonyl (C=O) groups is 2. The molecule has 0 aliphatic carbocycles. The van der Waals surface area contributed by atoms with E-state index in [1.165, 1.54) is 6.20 Å². The van der Waals surface area contributed by atoms with Crippen LogP contribution >= 0.6 is 0 Å². The predicted octanol–water partition coefficient (Wildman–Crippen LogP) is 1.53. The molecule has 2 amide bonds. The van der Waals surface area contributed by atoms with E-state index in [1.54, 1.807) is 42.2 Å². The summed E-state index contributed by atoms with van der Waals surface area (Å²) < 4.78 is 6.65. The lowest BCUT2D eigenvalue weighted by atomic mass is 10.3. The number of ether oxygens (including phenoxy) is 1. The number of benzene rings is 1. The smallest absolute Gasteiger partial charge is 0.341 e. The largest absolute Gasteiger partial charge is 0.480 e. The Morgan fingerprint density at radius 1 is 1.33 bits per heavy atom. The van der Waals surface area contributed by atoms with Gasteiger partial charge in [0.1, 0.15) is 5.75 Å². The maximum atomic E-state index is 11.9. The molecule has 3 N–H and O–H groups in total. The van der Waals surface area contributed by atoms with Crippen molar-refractivity contribution in [2.45, 2.75) is 0 Å². The number of carbonyl (C=O) groups excluding carboxylic acids is 1. The molecule has 0 spiro atoms. The third kappa shape index (κ3) is 4.23. The molecule has 0 aliphatic heterocycles. The second-order valence-corrected chi connectivity index (χ2v) is 4.16. The Morgan fingerprint density at radius 2 is 2.10 bits per heavy atom. The Kier molecular flexibility index (Phi) is 4.39. The highest BCUT2D eigenvalue weighted by molar-refractivity contribution is 6.00. The molecule has 0 saturated heterocycles. The first-order valence-corrected chi connectivity index (χ1v) is 6.05. The summed E-state index contributed by atoms with van der Waals surface area (Å²) in [5, 5.41) is 17.7. The molecule has 21 heavy (non-hydrogen) atoms. The fraction of sp³-hybridized carbons (Fsp3) is 0.154. The fourth-order valence-corrected chi connectivity index (χ4v) is 1.61. The summed E-state index contributed by atoms with van der Waals surface area (Å²) in [6, 6.07) is 6.09. The van der Waals surface area contributed by atoms with E-state index < -0.39 is 18.6 Å². The van der Waals surface area contributed by atoms with Crippen molar-refractivity contribution in [3.05, 3.63) is 36.7 Å². The summed E-state index contributed by atoms with van der Waals surface area (Å²) in [4.78, 5) is 22.4. The molecule has 0 atom stereocenters. The molecule has 2 rings (SSSR count). The van der Waals surface area contributed by atoms with Crippen LogP contribution in [0.2, 0.25) is 0 Å². The van der Waals surface area contributed by atoms with Gasteiger partial charge in [-0.3, -0.25) is 4.68 Å². The highest BCUT2D eigenvalue weighted by atomic mass is 16.5. The van der Waals surface area contributed by atoms with Gasteiger partial charge < -0.3 is 20.5 Å². The molecule has 8 nitrogen and oxygen atoms in total. The molecular formula is C13H14N4O4.